The fourth-order valence-corrected chi connectivity index (χ4v) is 8.20. The molecule has 0 spiro atoms. The summed E-state index contributed by atoms with van der Waals surface area (Å²) in [6.07, 6.45) is 0. The lowest BCUT2D eigenvalue weighted by atomic mass is 9.97. The van der Waals surface area contributed by atoms with Crippen LogP contribution in [0.15, 0.2) is 192 Å². The van der Waals surface area contributed by atoms with Gasteiger partial charge in [-0.05, 0) is 65.7 Å². The predicted octanol–water partition coefficient (Wildman–Crippen LogP) is 13.0. The number of rotatable bonds is 5. The van der Waals surface area contributed by atoms with E-state index >= 15 is 0 Å². The van der Waals surface area contributed by atoms with E-state index in [0.29, 0.717) is 22.3 Å². The molecule has 4 aromatic heterocycles. The van der Waals surface area contributed by atoms with Crippen LogP contribution in [0, 0.1) is 0 Å². The molecule has 0 saturated heterocycles. The van der Waals surface area contributed by atoms with Gasteiger partial charge in [-0.15, -0.1) is 0 Å². The highest BCUT2D eigenvalue weighted by molar-refractivity contribution is 6.14. The first kappa shape index (κ1) is 24.6. The number of nitrogens with zero attached hydrogens (tertiary/aromatic N) is 5. The Labute approximate surface area is 337 Å². The summed E-state index contributed by atoms with van der Waals surface area (Å²) in [4.78, 5) is 15.4. The SMILES string of the molecule is [2H]c1c([2H])c([2H])c2c(c1[2H])c1c([2H])c([2H])c([2H])c([2H])c1n2-c1nc(-c2cc(-c3ccccc3)c3c(c2)oc2ccccc23)nc(-c2ccccc2-n2c3ccccc3c3ccccc32)n1. The van der Waals surface area contributed by atoms with E-state index in [9.17, 15) is 2.74 Å². The maximum Gasteiger partial charge on any atom is 0.238 e. The van der Waals surface area contributed by atoms with Gasteiger partial charge < -0.3 is 8.98 Å². The fraction of sp³-hybridized carbons (Fsp3) is 0. The minimum absolute atomic E-state index is 0.0812. The largest absolute Gasteiger partial charge is 0.456 e. The molecule has 57 heavy (non-hydrogen) atoms. The van der Waals surface area contributed by atoms with Crippen LogP contribution in [0.2, 0.25) is 0 Å². The molecule has 0 aliphatic rings. The summed E-state index contributed by atoms with van der Waals surface area (Å²) < 4.78 is 81.5. The van der Waals surface area contributed by atoms with E-state index in [2.05, 4.69) is 28.8 Å². The summed E-state index contributed by atoms with van der Waals surface area (Å²) >= 11 is 0. The molecule has 6 nitrogen and oxygen atoms in total. The molecule has 266 valence electrons. The summed E-state index contributed by atoms with van der Waals surface area (Å²) in [5, 5.41) is 3.77. The summed E-state index contributed by atoms with van der Waals surface area (Å²) in [6, 6.07) is 41.6. The van der Waals surface area contributed by atoms with E-state index in [-0.39, 0.29) is 39.4 Å². The van der Waals surface area contributed by atoms with E-state index in [1.165, 1.54) is 4.57 Å². The Bertz CT molecular complexity index is 3880. The Hall–Kier alpha value is -7.83. The van der Waals surface area contributed by atoms with Crippen molar-refractivity contribution in [2.75, 3.05) is 0 Å². The first-order valence-electron chi connectivity index (χ1n) is 22.5. The van der Waals surface area contributed by atoms with Crippen LogP contribution in [0.1, 0.15) is 11.0 Å². The molecule has 0 radical (unpaired) electrons. The molecule has 0 saturated carbocycles. The van der Waals surface area contributed by atoms with Crippen LogP contribution in [0.4, 0.5) is 0 Å². The van der Waals surface area contributed by atoms with Gasteiger partial charge in [0.15, 0.2) is 11.6 Å². The molecule has 0 N–H and O–H groups in total. The van der Waals surface area contributed by atoms with Crippen LogP contribution in [0.5, 0.6) is 0 Å². The van der Waals surface area contributed by atoms with Crippen molar-refractivity contribution in [3.63, 3.8) is 0 Å². The molecule has 0 unspecified atom stereocenters. The number of fused-ring (bicyclic) bond motifs is 9. The van der Waals surface area contributed by atoms with Crippen molar-refractivity contribution >= 4 is 65.6 Å². The average Bonchev–Trinajstić information content (AvgIpc) is 4.02. The second-order valence-corrected chi connectivity index (χ2v) is 13.8. The lowest BCUT2D eigenvalue weighted by Crippen LogP contribution is -2.08. The van der Waals surface area contributed by atoms with Crippen LogP contribution in [-0.2, 0) is 0 Å². The van der Waals surface area contributed by atoms with Gasteiger partial charge in [0.05, 0.1) is 38.7 Å². The smallest absolute Gasteiger partial charge is 0.238 e. The molecule has 12 rings (SSSR count). The quantitative estimate of drug-likeness (QED) is 0.176. The van der Waals surface area contributed by atoms with Crippen molar-refractivity contribution in [1.82, 2.24) is 24.1 Å². The Balaban J connectivity index is 1.24. The van der Waals surface area contributed by atoms with Gasteiger partial charge in [0.2, 0.25) is 5.95 Å². The second-order valence-electron chi connectivity index (χ2n) is 13.8. The Morgan fingerprint density at radius 1 is 0.421 bits per heavy atom. The minimum Gasteiger partial charge on any atom is -0.456 e. The zero-order valence-electron chi connectivity index (χ0n) is 37.9. The van der Waals surface area contributed by atoms with Crippen molar-refractivity contribution in [1.29, 1.82) is 0 Å². The third-order valence-corrected chi connectivity index (χ3v) is 10.6. The molecule has 0 aliphatic carbocycles. The monoisotopic (exact) mass is 737 g/mol. The summed E-state index contributed by atoms with van der Waals surface area (Å²) in [7, 11) is 0. The number of aromatic nitrogens is 5. The molecule has 6 heteroatoms. The van der Waals surface area contributed by atoms with Crippen molar-refractivity contribution < 1.29 is 15.4 Å². The van der Waals surface area contributed by atoms with Gasteiger partial charge >= 0.3 is 0 Å². The number of hydrogen-bond acceptors (Lipinski definition) is 4. The van der Waals surface area contributed by atoms with Gasteiger partial charge in [-0.3, -0.25) is 4.57 Å². The van der Waals surface area contributed by atoms with Gasteiger partial charge in [0, 0.05) is 43.4 Å². The van der Waals surface area contributed by atoms with Crippen LogP contribution in [0.3, 0.4) is 0 Å². The maximum absolute atomic E-state index is 9.27. The van der Waals surface area contributed by atoms with E-state index in [4.69, 9.17) is 27.6 Å². The molecule has 12 aromatic rings. The Kier molecular flexibility index (Phi) is 5.32. The highest BCUT2D eigenvalue weighted by Crippen LogP contribution is 2.41. The number of furan rings is 1. The molecule has 0 bridgehead atoms. The van der Waals surface area contributed by atoms with Crippen molar-refractivity contribution in [2.45, 2.75) is 0 Å². The van der Waals surface area contributed by atoms with Gasteiger partial charge in [-0.1, -0.05) is 133 Å². The zero-order valence-corrected chi connectivity index (χ0v) is 29.9. The fourth-order valence-electron chi connectivity index (χ4n) is 8.20. The number of hydrogen-bond donors (Lipinski definition) is 0. The van der Waals surface area contributed by atoms with Gasteiger partial charge in [0.25, 0.3) is 0 Å². The molecular weight excluding hydrogens is 699 g/mol. The second kappa shape index (κ2) is 12.3. The first-order chi connectivity index (χ1) is 31.6. The molecular formula is C51H31N5O. The topological polar surface area (TPSA) is 61.7 Å². The first-order valence-corrected chi connectivity index (χ1v) is 18.5. The van der Waals surface area contributed by atoms with E-state index in [1.807, 2.05) is 115 Å². The molecule has 0 fully saturated rings. The van der Waals surface area contributed by atoms with Crippen molar-refractivity contribution in [3.05, 3.63) is 188 Å². The Morgan fingerprint density at radius 3 is 1.75 bits per heavy atom. The normalized spacial score (nSPS) is 13.8. The van der Waals surface area contributed by atoms with Crippen LogP contribution in [-0.4, -0.2) is 24.1 Å². The van der Waals surface area contributed by atoms with Crippen LogP contribution < -0.4 is 0 Å². The minimum atomic E-state index is -0.545. The summed E-state index contributed by atoms with van der Waals surface area (Å²) in [6.45, 7) is 0. The lowest BCUT2D eigenvalue weighted by molar-refractivity contribution is 0.669. The third-order valence-electron chi connectivity index (χ3n) is 10.6. The predicted molar refractivity (Wildman–Crippen MR) is 232 cm³/mol. The Morgan fingerprint density at radius 2 is 1.02 bits per heavy atom. The third kappa shape index (κ3) is 4.81. The van der Waals surface area contributed by atoms with E-state index < -0.39 is 48.3 Å². The number of para-hydroxylation sites is 6. The summed E-state index contributed by atoms with van der Waals surface area (Å²) in [5.41, 5.74) is 6.64. The molecule has 0 atom stereocenters. The summed E-state index contributed by atoms with van der Waals surface area (Å²) in [5.74, 6) is 0.256. The molecule has 4 heterocycles. The van der Waals surface area contributed by atoms with Crippen molar-refractivity contribution in [3.8, 4) is 45.5 Å². The molecule has 8 aromatic carbocycles. The van der Waals surface area contributed by atoms with Crippen molar-refractivity contribution in [2.24, 2.45) is 0 Å². The highest BCUT2D eigenvalue weighted by atomic mass is 16.3. The van der Waals surface area contributed by atoms with Gasteiger partial charge in [-0.25, -0.2) is 4.98 Å². The highest BCUT2D eigenvalue weighted by Gasteiger charge is 2.22. The molecule has 0 aliphatic heterocycles. The maximum atomic E-state index is 9.27. The van der Waals surface area contributed by atoms with Gasteiger partial charge in [-0.2, -0.15) is 9.97 Å². The zero-order chi connectivity index (χ0) is 44.4. The number of benzene rings is 8. The lowest BCUT2D eigenvalue weighted by Gasteiger charge is -2.15. The average molecular weight is 738 g/mol. The van der Waals surface area contributed by atoms with Crippen LogP contribution in [0.25, 0.3) is 111 Å². The standard InChI is InChI=1S/C51H31N5O/c1-2-16-32(17-3-1)40-30-33(31-47-48(40)39-23-9-15-29-46(39)57-47)49-52-50(54-51(53-49)56-43-26-12-6-20-36(43)37-21-7-13-27-44(37)56)38-22-8-14-28-45(38)55-41-24-10-4-18-34(41)35-19-5-11-25-42(35)55/h1-31H/i6D,7D,12D,13D,20D,21D,26D,27D. The molecule has 0 amide bonds. The van der Waals surface area contributed by atoms with Crippen LogP contribution >= 0.6 is 0 Å². The van der Waals surface area contributed by atoms with E-state index in [0.717, 1.165) is 49.4 Å². The van der Waals surface area contributed by atoms with Gasteiger partial charge in [0.1, 0.15) is 11.2 Å². The van der Waals surface area contributed by atoms with E-state index in [1.54, 1.807) is 0 Å².